The minimum Gasteiger partial charge on any atom is -0.468 e. The van der Waals surface area contributed by atoms with Crippen LogP contribution in [0, 0.1) is 11.7 Å². The Morgan fingerprint density at radius 2 is 1.82 bits per heavy atom. The van der Waals surface area contributed by atoms with E-state index < -0.39 is 23.8 Å². The summed E-state index contributed by atoms with van der Waals surface area (Å²) in [6, 6.07) is 11.4. The van der Waals surface area contributed by atoms with Crippen molar-refractivity contribution in [2.24, 2.45) is 10.9 Å². The maximum Gasteiger partial charge on any atom is 0.336 e. The van der Waals surface area contributed by atoms with Gasteiger partial charge in [0.25, 0.3) is 0 Å². The highest BCUT2D eigenvalue weighted by molar-refractivity contribution is 6.42. The highest BCUT2D eigenvalue weighted by atomic mass is 35.5. The van der Waals surface area contributed by atoms with Crippen molar-refractivity contribution < 1.29 is 32.9 Å². The molecule has 2 aromatic carbocycles. The Morgan fingerprint density at radius 3 is 2.55 bits per heavy atom. The zero-order valence-electron chi connectivity index (χ0n) is 22.7. The monoisotopic (exact) mass is 594 g/mol. The van der Waals surface area contributed by atoms with Crippen LogP contribution in [-0.2, 0) is 35.1 Å². The van der Waals surface area contributed by atoms with Crippen molar-refractivity contribution in [1.29, 1.82) is 0 Å². The molecular weight excluding hydrogens is 562 g/mol. The minimum absolute atomic E-state index is 0.0186. The van der Waals surface area contributed by atoms with E-state index >= 15 is 0 Å². The van der Waals surface area contributed by atoms with Crippen LogP contribution in [0.3, 0.4) is 0 Å². The minimum atomic E-state index is -0.910. The summed E-state index contributed by atoms with van der Waals surface area (Å²) in [7, 11) is 1.27. The number of hydrogen-bond donors (Lipinski definition) is 1. The quantitative estimate of drug-likeness (QED) is 0.239. The van der Waals surface area contributed by atoms with E-state index in [1.54, 1.807) is 38.1 Å². The zero-order valence-corrected chi connectivity index (χ0v) is 24.2. The van der Waals surface area contributed by atoms with Gasteiger partial charge in [-0.3, -0.25) is 9.79 Å². The van der Waals surface area contributed by atoms with Crippen LogP contribution in [0.2, 0.25) is 10.0 Å². The summed E-state index contributed by atoms with van der Waals surface area (Å²) in [5.74, 6) is -3.22. The molecular formula is C29H33Cl2FN2O6. The second kappa shape index (κ2) is 15.8. The van der Waals surface area contributed by atoms with Crippen molar-refractivity contribution in [3.8, 4) is 0 Å². The van der Waals surface area contributed by atoms with Crippen molar-refractivity contribution in [2.45, 2.75) is 26.3 Å². The molecule has 0 spiro atoms. The Labute approximate surface area is 243 Å². The summed E-state index contributed by atoms with van der Waals surface area (Å²) in [5, 5.41) is 3.69. The fraction of sp³-hybridized carbons (Fsp3) is 0.414. The lowest BCUT2D eigenvalue weighted by Crippen LogP contribution is -2.37. The molecule has 2 unspecified atom stereocenters. The molecule has 1 aliphatic heterocycles. The molecule has 1 aliphatic rings. The molecule has 3 rings (SSSR count). The number of hydrogen-bond acceptors (Lipinski definition) is 8. The third-order valence-corrected chi connectivity index (χ3v) is 7.07. The highest BCUT2D eigenvalue weighted by Gasteiger charge is 2.44. The topological polar surface area (TPSA) is 95.5 Å². The first-order valence-electron chi connectivity index (χ1n) is 12.9. The fourth-order valence-corrected chi connectivity index (χ4v) is 4.86. The number of aliphatic imine (C=N–C) groups is 1. The Bertz CT molecular complexity index is 1250. The summed E-state index contributed by atoms with van der Waals surface area (Å²) in [6.07, 6.45) is 0. The van der Waals surface area contributed by atoms with Gasteiger partial charge >= 0.3 is 11.9 Å². The average Bonchev–Trinajstić information content (AvgIpc) is 2.93. The second-order valence-electron chi connectivity index (χ2n) is 8.93. The first kappa shape index (κ1) is 31.7. The summed E-state index contributed by atoms with van der Waals surface area (Å²) < 4.78 is 35.1. The summed E-state index contributed by atoms with van der Waals surface area (Å²) in [6.45, 7) is 5.57. The Hall–Kier alpha value is -2.82. The van der Waals surface area contributed by atoms with Gasteiger partial charge in [0.15, 0.2) is 0 Å². The number of nitrogens with zero attached hydrogens (tertiary/aromatic N) is 1. The van der Waals surface area contributed by atoms with Crippen LogP contribution in [0.25, 0.3) is 0 Å². The summed E-state index contributed by atoms with van der Waals surface area (Å²) in [5.41, 5.74) is 2.26. The maximum atomic E-state index is 13.3. The van der Waals surface area contributed by atoms with Crippen LogP contribution in [0.15, 0.2) is 58.7 Å². The van der Waals surface area contributed by atoms with E-state index in [4.69, 9.17) is 42.1 Å². The first-order valence-corrected chi connectivity index (χ1v) is 13.6. The third-order valence-electron chi connectivity index (χ3n) is 6.24. The zero-order chi connectivity index (χ0) is 29.1. The van der Waals surface area contributed by atoms with E-state index in [0.717, 1.165) is 5.56 Å². The molecule has 0 fully saturated rings. The first-order chi connectivity index (χ1) is 19.3. The van der Waals surface area contributed by atoms with Gasteiger partial charge in [0.05, 0.1) is 61.5 Å². The number of nitrogens with one attached hydrogen (secondary N) is 1. The van der Waals surface area contributed by atoms with E-state index in [0.29, 0.717) is 43.3 Å². The molecule has 216 valence electrons. The lowest BCUT2D eigenvalue weighted by atomic mass is 9.75. The molecule has 0 aromatic heterocycles. The molecule has 40 heavy (non-hydrogen) atoms. The molecule has 11 heteroatoms. The number of halogens is 3. The molecule has 0 radical (unpaired) electrons. The van der Waals surface area contributed by atoms with Gasteiger partial charge in [0.1, 0.15) is 11.7 Å². The van der Waals surface area contributed by atoms with Crippen molar-refractivity contribution in [3.63, 3.8) is 0 Å². The normalized spacial score (nSPS) is 17.0. The molecule has 1 heterocycles. The SMILES string of the molecule is CCOC(=O)C1=C(COCCOCCNCc2cccc(F)c2)N=C(C)C(C(=O)OC)C1c1cccc(Cl)c1Cl. The number of benzene rings is 2. The van der Waals surface area contributed by atoms with E-state index in [9.17, 15) is 14.0 Å². The molecule has 0 saturated carbocycles. The van der Waals surface area contributed by atoms with Crippen LogP contribution in [-0.4, -0.2) is 64.3 Å². The van der Waals surface area contributed by atoms with Gasteiger partial charge in [-0.05, 0) is 43.2 Å². The van der Waals surface area contributed by atoms with Gasteiger partial charge in [0, 0.05) is 24.7 Å². The van der Waals surface area contributed by atoms with Gasteiger partial charge in [-0.2, -0.15) is 0 Å². The molecule has 2 aromatic rings. The number of carbonyl (C=O) groups excluding carboxylic acids is 2. The van der Waals surface area contributed by atoms with E-state index in [2.05, 4.69) is 10.3 Å². The van der Waals surface area contributed by atoms with Crippen LogP contribution >= 0.6 is 23.2 Å². The van der Waals surface area contributed by atoms with Crippen LogP contribution in [0.4, 0.5) is 4.39 Å². The molecule has 0 amide bonds. The molecule has 0 aliphatic carbocycles. The average molecular weight is 595 g/mol. The lowest BCUT2D eigenvalue weighted by molar-refractivity contribution is -0.144. The predicted octanol–water partition coefficient (Wildman–Crippen LogP) is 5.12. The summed E-state index contributed by atoms with van der Waals surface area (Å²) >= 11 is 12.8. The number of esters is 2. The number of carbonyl (C=O) groups is 2. The molecule has 2 atom stereocenters. The predicted molar refractivity (Wildman–Crippen MR) is 151 cm³/mol. The lowest BCUT2D eigenvalue weighted by Gasteiger charge is -2.32. The standard InChI is InChI=1S/C29H33Cl2FN2O6/c1-4-40-29(36)26-23(17-39-14-13-38-12-11-33-16-19-7-5-8-20(32)15-19)34-18(2)24(28(35)37-3)25(26)21-9-6-10-22(30)27(21)31/h5-10,15,24-25,33H,4,11-14,16-17H2,1-3H3. The van der Waals surface area contributed by atoms with Gasteiger partial charge in [-0.15, -0.1) is 0 Å². The van der Waals surface area contributed by atoms with Crippen molar-refractivity contribution in [1.82, 2.24) is 5.32 Å². The van der Waals surface area contributed by atoms with Crippen LogP contribution in [0.1, 0.15) is 30.9 Å². The summed E-state index contributed by atoms with van der Waals surface area (Å²) in [4.78, 5) is 30.6. The van der Waals surface area contributed by atoms with Gasteiger partial charge < -0.3 is 24.3 Å². The van der Waals surface area contributed by atoms with Gasteiger partial charge in [-0.25, -0.2) is 9.18 Å². The number of rotatable bonds is 14. The highest BCUT2D eigenvalue weighted by Crippen LogP contribution is 2.44. The van der Waals surface area contributed by atoms with E-state index in [1.807, 2.05) is 6.07 Å². The largest absolute Gasteiger partial charge is 0.468 e. The van der Waals surface area contributed by atoms with Crippen molar-refractivity contribution in [2.75, 3.05) is 46.7 Å². The number of ether oxygens (including phenoxy) is 4. The van der Waals surface area contributed by atoms with Crippen LogP contribution in [0.5, 0.6) is 0 Å². The Morgan fingerprint density at radius 1 is 1.07 bits per heavy atom. The molecule has 0 bridgehead atoms. The van der Waals surface area contributed by atoms with Gasteiger partial charge in [-0.1, -0.05) is 47.5 Å². The van der Waals surface area contributed by atoms with E-state index in [-0.39, 0.29) is 41.3 Å². The Kier molecular flexibility index (Phi) is 12.5. The number of methoxy groups -OCH3 is 1. The Balaban J connectivity index is 1.67. The smallest absolute Gasteiger partial charge is 0.336 e. The third kappa shape index (κ3) is 8.34. The van der Waals surface area contributed by atoms with Crippen molar-refractivity contribution in [3.05, 3.63) is 80.7 Å². The van der Waals surface area contributed by atoms with Gasteiger partial charge in [0.2, 0.25) is 0 Å². The maximum absolute atomic E-state index is 13.3. The fourth-order valence-electron chi connectivity index (χ4n) is 4.44. The molecule has 0 saturated heterocycles. The molecule has 1 N–H and O–H groups in total. The molecule has 8 nitrogen and oxygen atoms in total. The van der Waals surface area contributed by atoms with Crippen LogP contribution < -0.4 is 5.32 Å². The second-order valence-corrected chi connectivity index (χ2v) is 9.71. The van der Waals surface area contributed by atoms with E-state index in [1.165, 1.54) is 19.2 Å². The van der Waals surface area contributed by atoms with Crippen molar-refractivity contribution >= 4 is 40.9 Å².